The van der Waals surface area contributed by atoms with Gasteiger partial charge in [0.15, 0.2) is 0 Å². The maximum atomic E-state index is 12.0. The van der Waals surface area contributed by atoms with Gasteiger partial charge in [0.1, 0.15) is 0 Å². The molecule has 3 atom stereocenters. The van der Waals surface area contributed by atoms with Gasteiger partial charge in [0.2, 0.25) is 5.91 Å². The Morgan fingerprint density at radius 3 is 2.33 bits per heavy atom. The third kappa shape index (κ3) is 2.94. The molecule has 1 rings (SSSR count). The van der Waals surface area contributed by atoms with Crippen LogP contribution in [0.3, 0.4) is 0 Å². The first-order chi connectivity index (χ1) is 6.93. The summed E-state index contributed by atoms with van der Waals surface area (Å²) in [5.74, 6) is 1.53. The largest absolute Gasteiger partial charge is 0.342 e. The van der Waals surface area contributed by atoms with Crippen LogP contribution < -0.4 is 5.73 Å². The van der Waals surface area contributed by atoms with Crippen LogP contribution in [0.1, 0.15) is 34.1 Å². The second-order valence-electron chi connectivity index (χ2n) is 5.22. The fourth-order valence-corrected chi connectivity index (χ4v) is 2.04. The van der Waals surface area contributed by atoms with E-state index in [0.717, 1.165) is 19.5 Å². The van der Waals surface area contributed by atoms with Gasteiger partial charge in [0, 0.05) is 19.1 Å². The molecular weight excluding hydrogens is 188 g/mol. The van der Waals surface area contributed by atoms with E-state index in [0.29, 0.717) is 11.8 Å². The highest BCUT2D eigenvalue weighted by Crippen LogP contribution is 2.24. The summed E-state index contributed by atoms with van der Waals surface area (Å²) < 4.78 is 0. The smallest absolute Gasteiger partial charge is 0.226 e. The van der Waals surface area contributed by atoms with Crippen molar-refractivity contribution >= 4 is 5.91 Å². The molecule has 0 spiro atoms. The van der Waals surface area contributed by atoms with Crippen LogP contribution in [-0.2, 0) is 4.79 Å². The van der Waals surface area contributed by atoms with Crippen molar-refractivity contribution in [1.29, 1.82) is 0 Å². The Hall–Kier alpha value is -0.570. The molecule has 3 nitrogen and oxygen atoms in total. The molecule has 1 aliphatic heterocycles. The molecule has 3 heteroatoms. The van der Waals surface area contributed by atoms with Gasteiger partial charge in [-0.05, 0) is 25.2 Å². The fourth-order valence-electron chi connectivity index (χ4n) is 2.04. The van der Waals surface area contributed by atoms with Crippen LogP contribution in [-0.4, -0.2) is 29.9 Å². The molecule has 0 radical (unpaired) electrons. The number of carbonyl (C=O) groups excluding carboxylic acids is 1. The van der Waals surface area contributed by atoms with Gasteiger partial charge in [-0.25, -0.2) is 0 Å². The second-order valence-corrected chi connectivity index (χ2v) is 5.22. The van der Waals surface area contributed by atoms with Gasteiger partial charge in [-0.2, -0.15) is 0 Å². The van der Waals surface area contributed by atoms with E-state index in [-0.39, 0.29) is 17.9 Å². The number of nitrogens with zero attached hydrogens (tertiary/aromatic N) is 1. The Bertz CT molecular complexity index is 226. The quantitative estimate of drug-likeness (QED) is 0.770. The summed E-state index contributed by atoms with van der Waals surface area (Å²) in [6.07, 6.45) is 1.15. The molecule has 0 aliphatic carbocycles. The standard InChI is InChI=1S/C12H24N2O/c1-8(2)11-5-6-14(7-11)12(15)9(3)10(4)13/h8-11H,5-7,13H2,1-4H3. The highest BCUT2D eigenvalue weighted by molar-refractivity contribution is 5.79. The Labute approximate surface area is 93.0 Å². The number of rotatable bonds is 3. The van der Waals surface area contributed by atoms with E-state index in [1.54, 1.807) is 0 Å². The van der Waals surface area contributed by atoms with Crippen molar-refractivity contribution in [3.63, 3.8) is 0 Å². The van der Waals surface area contributed by atoms with E-state index in [4.69, 9.17) is 5.73 Å². The number of amides is 1. The lowest BCUT2D eigenvalue weighted by Gasteiger charge is -2.23. The van der Waals surface area contributed by atoms with Crippen LogP contribution in [0, 0.1) is 17.8 Å². The molecule has 1 aliphatic rings. The molecule has 0 aromatic carbocycles. The molecule has 1 amide bonds. The minimum atomic E-state index is -0.0457. The lowest BCUT2D eigenvalue weighted by atomic mass is 9.95. The molecule has 1 heterocycles. The van der Waals surface area contributed by atoms with Gasteiger partial charge in [0.25, 0.3) is 0 Å². The number of nitrogens with two attached hydrogens (primary N) is 1. The molecule has 1 fully saturated rings. The minimum absolute atomic E-state index is 0.0455. The predicted molar refractivity (Wildman–Crippen MR) is 62.3 cm³/mol. The van der Waals surface area contributed by atoms with Crippen molar-refractivity contribution in [1.82, 2.24) is 4.90 Å². The molecule has 0 aromatic heterocycles. The van der Waals surface area contributed by atoms with Gasteiger partial charge >= 0.3 is 0 Å². The predicted octanol–water partition coefficient (Wildman–Crippen LogP) is 1.47. The highest BCUT2D eigenvalue weighted by Gasteiger charge is 2.31. The van der Waals surface area contributed by atoms with Crippen molar-refractivity contribution in [2.75, 3.05) is 13.1 Å². The van der Waals surface area contributed by atoms with Crippen LogP contribution in [0.4, 0.5) is 0 Å². The first-order valence-corrected chi connectivity index (χ1v) is 5.97. The summed E-state index contributed by atoms with van der Waals surface area (Å²) in [5, 5.41) is 0. The van der Waals surface area contributed by atoms with Crippen molar-refractivity contribution in [3.05, 3.63) is 0 Å². The Morgan fingerprint density at radius 1 is 1.33 bits per heavy atom. The van der Waals surface area contributed by atoms with Gasteiger partial charge in [-0.1, -0.05) is 20.8 Å². The maximum Gasteiger partial charge on any atom is 0.226 e. The van der Waals surface area contributed by atoms with E-state index in [2.05, 4.69) is 13.8 Å². The summed E-state index contributed by atoms with van der Waals surface area (Å²) in [5.41, 5.74) is 5.75. The molecule has 1 saturated heterocycles. The molecule has 0 aromatic rings. The van der Waals surface area contributed by atoms with E-state index in [9.17, 15) is 4.79 Å². The molecule has 88 valence electrons. The molecule has 0 saturated carbocycles. The number of hydrogen-bond acceptors (Lipinski definition) is 2. The van der Waals surface area contributed by atoms with Gasteiger partial charge < -0.3 is 10.6 Å². The SMILES string of the molecule is CC(C)C1CCN(C(=O)C(C)C(C)N)C1. The third-order valence-electron chi connectivity index (χ3n) is 3.66. The Morgan fingerprint density at radius 2 is 1.93 bits per heavy atom. The number of likely N-dealkylation sites (tertiary alicyclic amines) is 1. The topological polar surface area (TPSA) is 46.3 Å². The van der Waals surface area contributed by atoms with Crippen LogP contribution in [0.2, 0.25) is 0 Å². The normalized spacial score (nSPS) is 25.7. The maximum absolute atomic E-state index is 12.0. The first-order valence-electron chi connectivity index (χ1n) is 5.97. The summed E-state index contributed by atoms with van der Waals surface area (Å²) in [7, 11) is 0. The zero-order valence-corrected chi connectivity index (χ0v) is 10.4. The zero-order chi connectivity index (χ0) is 11.6. The van der Waals surface area contributed by atoms with Crippen molar-refractivity contribution in [3.8, 4) is 0 Å². The Kier molecular flexibility index (Phi) is 4.14. The summed E-state index contributed by atoms with van der Waals surface area (Å²) in [4.78, 5) is 14.0. The molecule has 2 N–H and O–H groups in total. The lowest BCUT2D eigenvalue weighted by Crippen LogP contribution is -2.40. The monoisotopic (exact) mass is 212 g/mol. The average molecular weight is 212 g/mol. The summed E-state index contributed by atoms with van der Waals surface area (Å²) in [6, 6.07) is -0.0457. The molecular formula is C12H24N2O. The van der Waals surface area contributed by atoms with Crippen molar-refractivity contribution in [2.24, 2.45) is 23.5 Å². The molecule has 0 bridgehead atoms. The van der Waals surface area contributed by atoms with Crippen molar-refractivity contribution in [2.45, 2.75) is 40.2 Å². The number of carbonyl (C=O) groups is 1. The van der Waals surface area contributed by atoms with E-state index >= 15 is 0 Å². The van der Waals surface area contributed by atoms with Crippen LogP contribution >= 0.6 is 0 Å². The van der Waals surface area contributed by atoms with Crippen LogP contribution in [0.15, 0.2) is 0 Å². The van der Waals surface area contributed by atoms with Crippen LogP contribution in [0.25, 0.3) is 0 Å². The first kappa shape index (κ1) is 12.5. The second kappa shape index (κ2) is 4.97. The van der Waals surface area contributed by atoms with Gasteiger partial charge in [-0.15, -0.1) is 0 Å². The fraction of sp³-hybridized carbons (Fsp3) is 0.917. The Balaban J connectivity index is 2.50. The third-order valence-corrected chi connectivity index (χ3v) is 3.66. The van der Waals surface area contributed by atoms with Crippen molar-refractivity contribution < 1.29 is 4.79 Å². The van der Waals surface area contributed by atoms with Gasteiger partial charge in [0.05, 0.1) is 5.92 Å². The minimum Gasteiger partial charge on any atom is -0.342 e. The van der Waals surface area contributed by atoms with E-state index in [1.165, 1.54) is 0 Å². The lowest BCUT2D eigenvalue weighted by molar-refractivity contribution is -0.134. The molecule has 3 unspecified atom stereocenters. The van der Waals surface area contributed by atoms with E-state index in [1.807, 2.05) is 18.7 Å². The van der Waals surface area contributed by atoms with E-state index < -0.39 is 0 Å². The highest BCUT2D eigenvalue weighted by atomic mass is 16.2. The number of hydrogen-bond donors (Lipinski definition) is 1. The zero-order valence-electron chi connectivity index (χ0n) is 10.4. The molecule has 15 heavy (non-hydrogen) atoms. The van der Waals surface area contributed by atoms with Gasteiger partial charge in [-0.3, -0.25) is 4.79 Å². The summed E-state index contributed by atoms with van der Waals surface area (Å²) >= 11 is 0. The average Bonchev–Trinajstić information content (AvgIpc) is 2.64. The summed E-state index contributed by atoms with van der Waals surface area (Å²) in [6.45, 7) is 10.1. The van der Waals surface area contributed by atoms with Crippen LogP contribution in [0.5, 0.6) is 0 Å².